The minimum Gasteiger partial charge on any atom is -0.381 e. The first-order valence-corrected chi connectivity index (χ1v) is 18.5. The lowest BCUT2D eigenvalue weighted by Gasteiger charge is -2.35. The molecular weight excluding hydrogens is 564 g/mol. The third-order valence-corrected chi connectivity index (χ3v) is 8.87. The number of nitrogens with one attached hydrogen (secondary N) is 2. The minimum absolute atomic E-state index is 0.0431. The van der Waals surface area contributed by atoms with Gasteiger partial charge in [-0.2, -0.15) is 0 Å². The van der Waals surface area contributed by atoms with Crippen molar-refractivity contribution in [2.45, 2.75) is 154 Å². The number of anilines is 1. The predicted octanol–water partition coefficient (Wildman–Crippen LogP) is 9.57. The van der Waals surface area contributed by atoms with E-state index in [-0.39, 0.29) is 10.6 Å². The molecule has 0 spiro atoms. The van der Waals surface area contributed by atoms with Crippen molar-refractivity contribution in [3.63, 3.8) is 0 Å². The highest BCUT2D eigenvalue weighted by molar-refractivity contribution is 5.81. The quantitative estimate of drug-likeness (QED) is 0.0441. The van der Waals surface area contributed by atoms with E-state index in [2.05, 4.69) is 24.5 Å². The Hall–Kier alpha value is -2.16. The standard InChI is InChI=1S/C37H66N4O4/c1-3-5-7-9-11-13-15-17-19-23-29-44-31-27-37(38)36(41(42)43)35(33-25-21-22-26-34(33)40-37)39-28-32-45-30-24-20-18-16-14-12-10-8-6-4-2/h21-22,25-26,39-40H,3-20,23-24,27-32,38H2,1-2H3. The molecule has 8 heteroatoms. The second-order valence-electron chi connectivity index (χ2n) is 12.9. The van der Waals surface area contributed by atoms with Gasteiger partial charge in [0.25, 0.3) is 0 Å². The fourth-order valence-electron chi connectivity index (χ4n) is 6.14. The third kappa shape index (κ3) is 16.3. The van der Waals surface area contributed by atoms with E-state index in [0.29, 0.717) is 45.1 Å². The van der Waals surface area contributed by atoms with Gasteiger partial charge >= 0.3 is 5.70 Å². The van der Waals surface area contributed by atoms with Gasteiger partial charge in [0.15, 0.2) is 5.66 Å². The zero-order chi connectivity index (χ0) is 32.4. The molecule has 0 saturated carbocycles. The predicted molar refractivity (Wildman–Crippen MR) is 189 cm³/mol. The van der Waals surface area contributed by atoms with Gasteiger partial charge in [-0.05, 0) is 18.9 Å². The van der Waals surface area contributed by atoms with Gasteiger partial charge in [-0.15, -0.1) is 0 Å². The largest absolute Gasteiger partial charge is 0.381 e. The summed E-state index contributed by atoms with van der Waals surface area (Å²) in [6.07, 6.45) is 26.0. The van der Waals surface area contributed by atoms with Crippen LogP contribution in [-0.4, -0.2) is 43.6 Å². The highest BCUT2D eigenvalue weighted by Crippen LogP contribution is 2.37. The van der Waals surface area contributed by atoms with Crippen LogP contribution in [0.5, 0.6) is 0 Å². The molecule has 0 saturated heterocycles. The minimum atomic E-state index is -1.34. The summed E-state index contributed by atoms with van der Waals surface area (Å²) >= 11 is 0. The van der Waals surface area contributed by atoms with Gasteiger partial charge in [0.1, 0.15) is 5.70 Å². The van der Waals surface area contributed by atoms with Gasteiger partial charge in [-0.1, -0.05) is 148 Å². The Morgan fingerprint density at radius 2 is 1.18 bits per heavy atom. The average Bonchev–Trinajstić information content (AvgIpc) is 3.03. The maximum atomic E-state index is 12.4. The van der Waals surface area contributed by atoms with E-state index in [1.54, 1.807) is 0 Å². The van der Waals surface area contributed by atoms with Crippen LogP contribution >= 0.6 is 0 Å². The number of fused-ring (bicyclic) bond motifs is 1. The number of rotatable bonds is 30. The van der Waals surface area contributed by atoms with Crippen LogP contribution in [0.15, 0.2) is 30.0 Å². The summed E-state index contributed by atoms with van der Waals surface area (Å²) in [6, 6.07) is 7.61. The van der Waals surface area contributed by atoms with E-state index in [9.17, 15) is 10.1 Å². The highest BCUT2D eigenvalue weighted by atomic mass is 16.6. The molecule has 1 aliphatic rings. The van der Waals surface area contributed by atoms with Crippen LogP contribution in [0, 0.1) is 10.1 Å². The van der Waals surface area contributed by atoms with Crippen LogP contribution in [0.4, 0.5) is 5.69 Å². The van der Waals surface area contributed by atoms with Crippen LogP contribution in [0.25, 0.3) is 5.70 Å². The molecule has 45 heavy (non-hydrogen) atoms. The van der Waals surface area contributed by atoms with Crippen LogP contribution in [0.3, 0.4) is 0 Å². The summed E-state index contributed by atoms with van der Waals surface area (Å²) in [5.74, 6) is 0. The van der Waals surface area contributed by atoms with E-state index < -0.39 is 5.66 Å². The summed E-state index contributed by atoms with van der Waals surface area (Å²) in [5, 5.41) is 18.9. The lowest BCUT2D eigenvalue weighted by molar-refractivity contribution is -0.433. The molecule has 2 rings (SSSR count). The number of nitro groups is 1. The molecule has 0 fully saturated rings. The fourth-order valence-corrected chi connectivity index (χ4v) is 6.14. The molecule has 4 N–H and O–H groups in total. The molecule has 0 bridgehead atoms. The smallest absolute Gasteiger partial charge is 0.309 e. The normalized spacial score (nSPS) is 16.1. The molecule has 1 unspecified atom stereocenters. The number of benzene rings is 1. The zero-order valence-corrected chi connectivity index (χ0v) is 28.9. The van der Waals surface area contributed by atoms with Gasteiger partial charge in [-0.25, -0.2) is 0 Å². The summed E-state index contributed by atoms with van der Waals surface area (Å²) in [7, 11) is 0. The van der Waals surface area contributed by atoms with Crippen molar-refractivity contribution in [2.24, 2.45) is 5.73 Å². The van der Waals surface area contributed by atoms with Crippen molar-refractivity contribution in [3.8, 4) is 0 Å². The maximum absolute atomic E-state index is 12.4. The Kier molecular flexibility index (Phi) is 21.7. The van der Waals surface area contributed by atoms with Gasteiger partial charge in [-0.3, -0.25) is 15.8 Å². The number of ether oxygens (including phenoxy) is 2. The zero-order valence-electron chi connectivity index (χ0n) is 28.9. The molecule has 0 radical (unpaired) electrons. The van der Waals surface area contributed by atoms with Crippen molar-refractivity contribution in [1.82, 2.24) is 5.32 Å². The second-order valence-corrected chi connectivity index (χ2v) is 12.9. The molecule has 0 amide bonds. The Bertz CT molecular complexity index is 941. The second kappa shape index (κ2) is 25.0. The van der Waals surface area contributed by atoms with E-state index in [4.69, 9.17) is 15.2 Å². The molecule has 258 valence electrons. The molecule has 8 nitrogen and oxygen atoms in total. The Morgan fingerprint density at radius 1 is 0.711 bits per heavy atom. The van der Waals surface area contributed by atoms with Gasteiger partial charge < -0.3 is 20.1 Å². The van der Waals surface area contributed by atoms with Gasteiger partial charge in [0.05, 0.1) is 18.1 Å². The van der Waals surface area contributed by atoms with Gasteiger partial charge in [0, 0.05) is 37.4 Å². The number of hydrogen-bond donors (Lipinski definition) is 3. The molecule has 1 heterocycles. The van der Waals surface area contributed by atoms with E-state index in [1.165, 1.54) is 109 Å². The van der Waals surface area contributed by atoms with Crippen LogP contribution in [0.1, 0.15) is 154 Å². The number of unbranched alkanes of at least 4 members (excludes halogenated alkanes) is 18. The van der Waals surface area contributed by atoms with E-state index >= 15 is 0 Å². The average molecular weight is 631 g/mol. The molecular formula is C37H66N4O4. The van der Waals surface area contributed by atoms with Crippen LogP contribution < -0.4 is 16.4 Å². The molecule has 1 aliphatic heterocycles. The Labute approximate surface area is 274 Å². The van der Waals surface area contributed by atoms with E-state index in [1.807, 2.05) is 24.3 Å². The molecule has 1 aromatic rings. The molecule has 1 atom stereocenters. The van der Waals surface area contributed by atoms with E-state index in [0.717, 1.165) is 30.5 Å². The number of nitrogens with two attached hydrogens (primary N) is 1. The first-order chi connectivity index (χ1) is 22.0. The lowest BCUT2D eigenvalue weighted by atomic mass is 9.92. The summed E-state index contributed by atoms with van der Waals surface area (Å²) in [4.78, 5) is 12.0. The summed E-state index contributed by atoms with van der Waals surface area (Å²) < 4.78 is 11.8. The van der Waals surface area contributed by atoms with Crippen molar-refractivity contribution < 1.29 is 14.4 Å². The maximum Gasteiger partial charge on any atom is 0.309 e. The van der Waals surface area contributed by atoms with Gasteiger partial charge in [0.2, 0.25) is 0 Å². The van der Waals surface area contributed by atoms with Crippen LogP contribution in [-0.2, 0) is 9.47 Å². The summed E-state index contributed by atoms with van der Waals surface area (Å²) in [5.41, 5.74) is 7.36. The molecule has 0 aromatic heterocycles. The Morgan fingerprint density at radius 3 is 1.69 bits per heavy atom. The van der Waals surface area contributed by atoms with Crippen LogP contribution in [0.2, 0.25) is 0 Å². The Balaban J connectivity index is 1.72. The number of nitrogens with zero attached hydrogens (tertiary/aromatic N) is 1. The highest BCUT2D eigenvalue weighted by Gasteiger charge is 2.46. The lowest BCUT2D eigenvalue weighted by Crippen LogP contribution is -2.55. The monoisotopic (exact) mass is 631 g/mol. The first kappa shape index (κ1) is 39.0. The van der Waals surface area contributed by atoms with Crippen molar-refractivity contribution in [1.29, 1.82) is 0 Å². The topological polar surface area (TPSA) is 112 Å². The van der Waals surface area contributed by atoms with Crippen molar-refractivity contribution in [2.75, 3.05) is 38.3 Å². The van der Waals surface area contributed by atoms with Crippen molar-refractivity contribution >= 4 is 11.4 Å². The third-order valence-electron chi connectivity index (χ3n) is 8.87. The van der Waals surface area contributed by atoms with Crippen molar-refractivity contribution in [3.05, 3.63) is 45.6 Å². The first-order valence-electron chi connectivity index (χ1n) is 18.5. The number of para-hydroxylation sites is 1. The number of hydrogen-bond acceptors (Lipinski definition) is 7. The summed E-state index contributed by atoms with van der Waals surface area (Å²) in [6.45, 7) is 7.20. The molecule has 0 aliphatic carbocycles. The fraction of sp³-hybridized carbons (Fsp3) is 0.784. The molecule has 1 aromatic carbocycles. The SMILES string of the molecule is CCCCCCCCCCCCOCCNC1=C([N+](=O)[O-])C(N)(CCOCCCCCCCCCCCC)Nc2ccccc21.